The van der Waals surface area contributed by atoms with Gasteiger partial charge in [0.2, 0.25) is 0 Å². The predicted molar refractivity (Wildman–Crippen MR) is 134 cm³/mol. The number of benzene rings is 3. The van der Waals surface area contributed by atoms with Gasteiger partial charge in [0, 0.05) is 5.02 Å². The molecule has 0 unspecified atom stereocenters. The summed E-state index contributed by atoms with van der Waals surface area (Å²) in [4.78, 5) is 34.8. The number of hydrogen-bond donors (Lipinski definition) is 1. The minimum absolute atomic E-state index is 0.0719. The summed E-state index contributed by atoms with van der Waals surface area (Å²) in [7, 11) is 0. The van der Waals surface area contributed by atoms with E-state index in [4.69, 9.17) is 58.0 Å². The number of imidazole rings is 1. The second-order valence-corrected chi connectivity index (χ2v) is 9.11. The molecule has 0 saturated heterocycles. The van der Waals surface area contributed by atoms with Gasteiger partial charge in [-0.05, 0) is 42.0 Å². The Labute approximate surface area is 212 Å². The van der Waals surface area contributed by atoms with Crippen LogP contribution in [0.1, 0.15) is 32.1 Å². The van der Waals surface area contributed by atoms with Crippen molar-refractivity contribution >= 4 is 98.7 Å². The average molecular weight is 538 g/mol. The first-order valence-electron chi connectivity index (χ1n) is 9.44. The van der Waals surface area contributed by atoms with Crippen molar-refractivity contribution in [2.24, 2.45) is 0 Å². The molecule has 0 saturated carbocycles. The summed E-state index contributed by atoms with van der Waals surface area (Å²) in [5.41, 5.74) is 2.43. The van der Waals surface area contributed by atoms with E-state index in [9.17, 15) is 9.59 Å². The van der Waals surface area contributed by atoms with E-state index in [1.807, 2.05) is 24.3 Å². The van der Waals surface area contributed by atoms with Gasteiger partial charge in [-0.25, -0.2) is 9.88 Å². The lowest BCUT2D eigenvalue weighted by Gasteiger charge is -2.13. The Morgan fingerprint density at radius 1 is 0.758 bits per heavy atom. The maximum absolute atomic E-state index is 13.1. The molecule has 0 radical (unpaired) electrons. The Hall–Kier alpha value is -2.54. The quantitative estimate of drug-likeness (QED) is 0.165. The third-order valence-electron chi connectivity index (χ3n) is 5.15. The maximum atomic E-state index is 13.1. The van der Waals surface area contributed by atoms with Gasteiger partial charge >= 0.3 is 0 Å². The SMILES string of the molecule is O=C1c2c(Cl)c(Cl)c(Cl)c(Cl)c2C(=O)N1c1ccc2nc(/C=C/c3ccc(Cl)cc3)[nH]c2c1. The number of aromatic amines is 1. The van der Waals surface area contributed by atoms with Crippen LogP contribution in [0.2, 0.25) is 25.1 Å². The van der Waals surface area contributed by atoms with E-state index in [0.717, 1.165) is 10.5 Å². The molecule has 3 aromatic carbocycles. The van der Waals surface area contributed by atoms with Crippen molar-refractivity contribution in [3.05, 3.63) is 90.1 Å². The zero-order valence-corrected chi connectivity index (χ0v) is 20.1. The first-order chi connectivity index (χ1) is 15.8. The van der Waals surface area contributed by atoms with Gasteiger partial charge in [-0.1, -0.05) is 76.2 Å². The van der Waals surface area contributed by atoms with Crippen LogP contribution >= 0.6 is 58.0 Å². The van der Waals surface area contributed by atoms with Crippen LogP contribution in [0, 0.1) is 0 Å². The fraction of sp³-hybridized carbons (Fsp3) is 0. The highest BCUT2D eigenvalue weighted by molar-refractivity contribution is 6.56. The zero-order chi connectivity index (χ0) is 23.4. The molecular weight excluding hydrogens is 528 g/mol. The summed E-state index contributed by atoms with van der Waals surface area (Å²) < 4.78 is 0. The Morgan fingerprint density at radius 3 is 1.97 bits per heavy atom. The topological polar surface area (TPSA) is 66.1 Å². The number of imide groups is 1. The highest BCUT2D eigenvalue weighted by Gasteiger charge is 2.42. The number of fused-ring (bicyclic) bond motifs is 2. The molecule has 33 heavy (non-hydrogen) atoms. The van der Waals surface area contributed by atoms with Crippen molar-refractivity contribution in [1.29, 1.82) is 0 Å². The molecular formula is C23H10Cl5N3O2. The second kappa shape index (κ2) is 8.35. The third-order valence-corrected chi connectivity index (χ3v) is 7.20. The summed E-state index contributed by atoms with van der Waals surface area (Å²) in [6.07, 6.45) is 3.70. The van der Waals surface area contributed by atoms with Crippen molar-refractivity contribution in [3.63, 3.8) is 0 Å². The molecule has 0 fully saturated rings. The van der Waals surface area contributed by atoms with Crippen LogP contribution in [0.25, 0.3) is 23.2 Å². The van der Waals surface area contributed by atoms with E-state index >= 15 is 0 Å². The lowest BCUT2D eigenvalue weighted by Crippen LogP contribution is -2.29. The largest absolute Gasteiger partial charge is 0.338 e. The van der Waals surface area contributed by atoms with Crippen LogP contribution in [0.15, 0.2) is 42.5 Å². The lowest BCUT2D eigenvalue weighted by atomic mass is 10.1. The number of rotatable bonds is 3. The van der Waals surface area contributed by atoms with E-state index < -0.39 is 11.8 Å². The molecule has 5 nitrogen and oxygen atoms in total. The summed E-state index contributed by atoms with van der Waals surface area (Å²) in [6.45, 7) is 0. The molecule has 2 heterocycles. The summed E-state index contributed by atoms with van der Waals surface area (Å²) in [6, 6.07) is 12.3. The molecule has 0 atom stereocenters. The van der Waals surface area contributed by atoms with E-state index in [1.165, 1.54) is 0 Å². The molecule has 164 valence electrons. The van der Waals surface area contributed by atoms with E-state index in [-0.39, 0.29) is 31.2 Å². The molecule has 5 rings (SSSR count). The molecule has 1 aromatic heterocycles. The summed E-state index contributed by atoms with van der Waals surface area (Å²) >= 11 is 30.5. The fourth-order valence-electron chi connectivity index (χ4n) is 3.57. The van der Waals surface area contributed by atoms with Gasteiger partial charge in [-0.2, -0.15) is 0 Å². The van der Waals surface area contributed by atoms with Gasteiger partial charge in [0.15, 0.2) is 0 Å². The number of carbonyl (C=O) groups is 2. The second-order valence-electron chi connectivity index (χ2n) is 7.16. The molecule has 10 heteroatoms. The fourth-order valence-corrected chi connectivity index (χ4v) is 4.71. The minimum Gasteiger partial charge on any atom is -0.338 e. The lowest BCUT2D eigenvalue weighted by molar-refractivity contribution is 0.0926. The van der Waals surface area contributed by atoms with E-state index in [0.29, 0.717) is 27.6 Å². The molecule has 2 amide bonds. The predicted octanol–water partition coefficient (Wildman–Crippen LogP) is 7.80. The number of amides is 2. The van der Waals surface area contributed by atoms with Crippen molar-refractivity contribution in [2.75, 3.05) is 4.90 Å². The number of hydrogen-bond acceptors (Lipinski definition) is 3. The zero-order valence-electron chi connectivity index (χ0n) is 16.3. The number of nitrogens with zero attached hydrogens (tertiary/aromatic N) is 2. The highest BCUT2D eigenvalue weighted by Crippen LogP contribution is 2.45. The third kappa shape index (κ3) is 3.70. The van der Waals surface area contributed by atoms with Gasteiger partial charge in [0.05, 0.1) is 47.9 Å². The average Bonchev–Trinajstić information content (AvgIpc) is 3.32. The number of nitrogens with one attached hydrogen (secondary N) is 1. The number of halogens is 5. The van der Waals surface area contributed by atoms with Crippen molar-refractivity contribution in [3.8, 4) is 0 Å². The van der Waals surface area contributed by atoms with Gasteiger partial charge in [0.25, 0.3) is 11.8 Å². The van der Waals surface area contributed by atoms with Gasteiger partial charge < -0.3 is 4.98 Å². The summed E-state index contributed by atoms with van der Waals surface area (Å²) in [5.74, 6) is -0.673. The van der Waals surface area contributed by atoms with Gasteiger partial charge in [-0.15, -0.1) is 0 Å². The van der Waals surface area contributed by atoms with Gasteiger partial charge in [0.1, 0.15) is 5.82 Å². The monoisotopic (exact) mass is 535 g/mol. The summed E-state index contributed by atoms with van der Waals surface area (Å²) in [5, 5.41) is 0.277. The molecule has 0 bridgehead atoms. The molecule has 1 N–H and O–H groups in total. The number of anilines is 1. The highest BCUT2D eigenvalue weighted by atomic mass is 35.5. The number of H-pyrrole nitrogens is 1. The number of carbonyl (C=O) groups excluding carboxylic acids is 2. The smallest absolute Gasteiger partial charge is 0.267 e. The van der Waals surface area contributed by atoms with Gasteiger partial charge in [-0.3, -0.25) is 9.59 Å². The molecule has 0 spiro atoms. The Balaban J connectivity index is 1.51. The van der Waals surface area contributed by atoms with E-state index in [1.54, 1.807) is 30.3 Å². The molecule has 0 aliphatic carbocycles. The Bertz CT molecular complexity index is 1460. The first kappa shape index (κ1) is 22.3. The van der Waals surface area contributed by atoms with Crippen molar-refractivity contribution < 1.29 is 9.59 Å². The van der Waals surface area contributed by atoms with E-state index in [2.05, 4.69) is 9.97 Å². The molecule has 1 aliphatic rings. The molecule has 4 aromatic rings. The van der Waals surface area contributed by atoms with Crippen molar-refractivity contribution in [2.45, 2.75) is 0 Å². The Kier molecular flexibility index (Phi) is 5.63. The minimum atomic E-state index is -0.637. The van der Waals surface area contributed by atoms with Crippen LogP contribution in [0.3, 0.4) is 0 Å². The molecule has 1 aliphatic heterocycles. The Morgan fingerprint density at radius 2 is 1.36 bits per heavy atom. The van der Waals surface area contributed by atoms with Crippen molar-refractivity contribution in [1.82, 2.24) is 9.97 Å². The van der Waals surface area contributed by atoms with Crippen LogP contribution in [-0.4, -0.2) is 21.8 Å². The number of aromatic nitrogens is 2. The van der Waals surface area contributed by atoms with Crippen LogP contribution < -0.4 is 4.90 Å². The van der Waals surface area contributed by atoms with Crippen LogP contribution in [0.4, 0.5) is 5.69 Å². The standard InChI is InChI=1S/C23H10Cl5N3O2/c24-11-4-1-10(2-5-11)3-8-15-29-13-7-6-12(9-14(13)30-15)31-22(32)16-17(23(31)33)19(26)21(28)20(27)18(16)25/h1-9H,(H,29,30)/b8-3+. The van der Waals surface area contributed by atoms with Crippen LogP contribution in [-0.2, 0) is 0 Å². The normalized spacial score (nSPS) is 13.5. The first-order valence-corrected chi connectivity index (χ1v) is 11.3. The van der Waals surface area contributed by atoms with Crippen LogP contribution in [0.5, 0.6) is 0 Å². The maximum Gasteiger partial charge on any atom is 0.267 e.